The highest BCUT2D eigenvalue weighted by molar-refractivity contribution is 6.00. The van der Waals surface area contributed by atoms with Gasteiger partial charge < -0.3 is 15.7 Å². The van der Waals surface area contributed by atoms with Crippen LogP contribution in [0.5, 0.6) is 5.75 Å². The Morgan fingerprint density at radius 2 is 1.84 bits per heavy atom. The monoisotopic (exact) mass is 337 g/mol. The van der Waals surface area contributed by atoms with Crippen LogP contribution in [-0.4, -0.2) is 38.2 Å². The van der Waals surface area contributed by atoms with Crippen molar-refractivity contribution in [3.8, 4) is 11.4 Å². The summed E-state index contributed by atoms with van der Waals surface area (Å²) < 4.78 is 1.60. The minimum absolute atomic E-state index is 0.118. The van der Waals surface area contributed by atoms with Crippen LogP contribution in [0.1, 0.15) is 10.4 Å². The predicted molar refractivity (Wildman–Crippen MR) is 90.4 cm³/mol. The van der Waals surface area contributed by atoms with Crippen LogP contribution in [0.4, 0.5) is 5.69 Å². The lowest BCUT2D eigenvalue weighted by molar-refractivity contribution is -0.115. The normalized spacial score (nSPS) is 10.2. The molecule has 3 N–H and O–H groups in total. The molecule has 0 spiro atoms. The van der Waals surface area contributed by atoms with Crippen molar-refractivity contribution in [2.75, 3.05) is 11.9 Å². The van der Waals surface area contributed by atoms with Gasteiger partial charge in [0.05, 0.1) is 17.8 Å². The molecule has 3 aromatic rings. The lowest BCUT2D eigenvalue weighted by Crippen LogP contribution is -2.32. The van der Waals surface area contributed by atoms with Gasteiger partial charge in [0.25, 0.3) is 5.91 Å². The summed E-state index contributed by atoms with van der Waals surface area (Å²) in [4.78, 5) is 27.7. The average Bonchev–Trinajstić information content (AvgIpc) is 3.15. The first-order valence-electron chi connectivity index (χ1n) is 7.44. The molecule has 0 saturated carbocycles. The molecule has 0 radical (unpaired) electrons. The number of aromatic nitrogens is 3. The van der Waals surface area contributed by atoms with Gasteiger partial charge in [-0.15, -0.1) is 0 Å². The molecule has 0 saturated heterocycles. The number of amides is 2. The second kappa shape index (κ2) is 7.26. The number of rotatable bonds is 5. The van der Waals surface area contributed by atoms with Crippen LogP contribution in [0.2, 0.25) is 0 Å². The molecule has 1 heterocycles. The van der Waals surface area contributed by atoms with E-state index in [-0.39, 0.29) is 23.8 Å². The SMILES string of the molecule is O=C(CNC(=O)c1ccccc1O)Nc1ccc(-n2cncn2)cc1. The van der Waals surface area contributed by atoms with E-state index in [1.165, 1.54) is 18.5 Å². The quantitative estimate of drug-likeness (QED) is 0.651. The number of phenols is 1. The van der Waals surface area contributed by atoms with Crippen LogP contribution in [0.15, 0.2) is 61.2 Å². The molecule has 0 aliphatic rings. The van der Waals surface area contributed by atoms with Gasteiger partial charge in [-0.25, -0.2) is 9.67 Å². The summed E-state index contributed by atoms with van der Waals surface area (Å²) in [7, 11) is 0. The van der Waals surface area contributed by atoms with E-state index < -0.39 is 5.91 Å². The molecule has 126 valence electrons. The minimum atomic E-state index is -0.519. The summed E-state index contributed by atoms with van der Waals surface area (Å²) >= 11 is 0. The van der Waals surface area contributed by atoms with E-state index in [0.29, 0.717) is 5.69 Å². The van der Waals surface area contributed by atoms with Crippen molar-refractivity contribution >= 4 is 17.5 Å². The van der Waals surface area contributed by atoms with Crippen LogP contribution >= 0.6 is 0 Å². The van der Waals surface area contributed by atoms with Crippen molar-refractivity contribution in [3.63, 3.8) is 0 Å². The topological polar surface area (TPSA) is 109 Å². The number of benzene rings is 2. The highest BCUT2D eigenvalue weighted by atomic mass is 16.3. The van der Waals surface area contributed by atoms with Gasteiger partial charge in [0.15, 0.2) is 0 Å². The molecule has 1 aromatic heterocycles. The Hall–Kier alpha value is -3.68. The van der Waals surface area contributed by atoms with Gasteiger partial charge >= 0.3 is 0 Å². The molecule has 0 unspecified atom stereocenters. The maximum absolute atomic E-state index is 11.9. The number of phenolic OH excluding ortho intramolecular Hbond substituents is 1. The molecule has 0 bridgehead atoms. The lowest BCUT2D eigenvalue weighted by atomic mass is 10.2. The second-order valence-corrected chi connectivity index (χ2v) is 5.13. The molecule has 3 rings (SSSR count). The van der Waals surface area contributed by atoms with Crippen molar-refractivity contribution in [3.05, 3.63) is 66.7 Å². The third kappa shape index (κ3) is 3.99. The van der Waals surface area contributed by atoms with Gasteiger partial charge in [0.2, 0.25) is 5.91 Å². The Bertz CT molecular complexity index is 876. The number of carbonyl (C=O) groups is 2. The molecule has 8 heteroatoms. The third-order valence-electron chi connectivity index (χ3n) is 3.39. The van der Waals surface area contributed by atoms with Crippen LogP contribution in [0.25, 0.3) is 5.69 Å². The summed E-state index contributed by atoms with van der Waals surface area (Å²) in [6, 6.07) is 13.1. The maximum atomic E-state index is 11.9. The molecular weight excluding hydrogens is 322 g/mol. The number of anilines is 1. The van der Waals surface area contributed by atoms with E-state index in [1.54, 1.807) is 47.4 Å². The number of nitrogens with zero attached hydrogens (tertiary/aromatic N) is 3. The summed E-state index contributed by atoms with van der Waals surface area (Å²) in [6.07, 6.45) is 3.00. The molecule has 8 nitrogen and oxygen atoms in total. The third-order valence-corrected chi connectivity index (χ3v) is 3.39. The van der Waals surface area contributed by atoms with Gasteiger partial charge in [-0.3, -0.25) is 9.59 Å². The van der Waals surface area contributed by atoms with Crippen LogP contribution in [0, 0.1) is 0 Å². The van der Waals surface area contributed by atoms with Gasteiger partial charge in [0.1, 0.15) is 18.4 Å². The number of hydrogen-bond donors (Lipinski definition) is 3. The van der Waals surface area contributed by atoms with Crippen LogP contribution < -0.4 is 10.6 Å². The summed E-state index contributed by atoms with van der Waals surface area (Å²) in [5, 5.41) is 18.8. The van der Waals surface area contributed by atoms with Crippen LogP contribution in [0.3, 0.4) is 0 Å². The van der Waals surface area contributed by atoms with Crippen molar-refractivity contribution in [2.45, 2.75) is 0 Å². The number of hydrogen-bond acceptors (Lipinski definition) is 5. The van der Waals surface area contributed by atoms with Crippen molar-refractivity contribution in [1.29, 1.82) is 0 Å². The molecule has 2 amide bonds. The van der Waals surface area contributed by atoms with Gasteiger partial charge in [-0.1, -0.05) is 12.1 Å². The number of aromatic hydroxyl groups is 1. The molecule has 25 heavy (non-hydrogen) atoms. The largest absolute Gasteiger partial charge is 0.507 e. The maximum Gasteiger partial charge on any atom is 0.255 e. The Morgan fingerprint density at radius 1 is 1.08 bits per heavy atom. The van der Waals surface area contributed by atoms with Gasteiger partial charge in [-0.2, -0.15) is 5.10 Å². The first kappa shape index (κ1) is 16.2. The highest BCUT2D eigenvalue weighted by Gasteiger charge is 2.11. The predicted octanol–water partition coefficient (Wildman–Crippen LogP) is 1.34. The zero-order valence-corrected chi connectivity index (χ0v) is 13.1. The Balaban J connectivity index is 1.54. The van der Waals surface area contributed by atoms with E-state index in [2.05, 4.69) is 20.7 Å². The highest BCUT2D eigenvalue weighted by Crippen LogP contribution is 2.15. The average molecular weight is 337 g/mol. The fourth-order valence-electron chi connectivity index (χ4n) is 2.17. The van der Waals surface area contributed by atoms with E-state index in [9.17, 15) is 14.7 Å². The number of carbonyl (C=O) groups excluding carboxylic acids is 2. The molecule has 0 fully saturated rings. The first-order valence-corrected chi connectivity index (χ1v) is 7.44. The van der Waals surface area contributed by atoms with E-state index in [0.717, 1.165) is 5.69 Å². The van der Waals surface area contributed by atoms with E-state index in [1.807, 2.05) is 0 Å². The number of nitrogens with one attached hydrogen (secondary N) is 2. The fourth-order valence-corrected chi connectivity index (χ4v) is 2.17. The van der Waals surface area contributed by atoms with E-state index >= 15 is 0 Å². The smallest absolute Gasteiger partial charge is 0.255 e. The fraction of sp³-hybridized carbons (Fsp3) is 0.0588. The van der Waals surface area contributed by atoms with Crippen LogP contribution in [-0.2, 0) is 4.79 Å². The van der Waals surface area contributed by atoms with Gasteiger partial charge in [0, 0.05) is 5.69 Å². The second-order valence-electron chi connectivity index (χ2n) is 5.13. The van der Waals surface area contributed by atoms with Crippen molar-refractivity contribution in [2.24, 2.45) is 0 Å². The Morgan fingerprint density at radius 3 is 2.52 bits per heavy atom. The summed E-state index contributed by atoms with van der Waals surface area (Å²) in [5.74, 6) is -1.03. The zero-order valence-electron chi connectivity index (χ0n) is 13.1. The zero-order chi connectivity index (χ0) is 17.6. The molecule has 0 aliphatic carbocycles. The van der Waals surface area contributed by atoms with Crippen molar-refractivity contribution < 1.29 is 14.7 Å². The molecule has 0 atom stereocenters. The number of para-hydroxylation sites is 1. The molecule has 0 aliphatic heterocycles. The Labute approximate surface area is 143 Å². The van der Waals surface area contributed by atoms with E-state index in [4.69, 9.17) is 0 Å². The summed E-state index contributed by atoms with van der Waals surface area (Å²) in [6.45, 7) is -0.210. The lowest BCUT2D eigenvalue weighted by Gasteiger charge is -2.08. The van der Waals surface area contributed by atoms with Gasteiger partial charge in [-0.05, 0) is 36.4 Å². The molecular formula is C17H15N5O3. The summed E-state index contributed by atoms with van der Waals surface area (Å²) in [5.41, 5.74) is 1.52. The molecule has 2 aromatic carbocycles. The standard InChI is InChI=1S/C17H15N5O3/c23-15-4-2-1-3-14(15)17(25)19-9-16(24)21-12-5-7-13(8-6-12)22-11-18-10-20-22/h1-8,10-11,23H,9H2,(H,19,25)(H,21,24). The Kier molecular flexibility index (Phi) is 4.70. The minimum Gasteiger partial charge on any atom is -0.507 e. The first-order chi connectivity index (χ1) is 12.1. The van der Waals surface area contributed by atoms with Crippen molar-refractivity contribution in [1.82, 2.24) is 20.1 Å².